The Morgan fingerprint density at radius 2 is 0.850 bits per heavy atom. The molecule has 16 rings (SSSR count). The zero-order valence-electron chi connectivity index (χ0n) is 42.9. The molecule has 0 amide bonds. The maximum Gasteiger partial charge on any atom is 0.220 e. The van der Waals surface area contributed by atoms with Crippen molar-refractivity contribution in [3.05, 3.63) is 272 Å². The lowest BCUT2D eigenvalue weighted by Gasteiger charge is -2.26. The molecule has 0 aliphatic carbocycles. The fourth-order valence-electron chi connectivity index (χ4n) is 12.8. The second-order valence-electron chi connectivity index (χ2n) is 20.4. The monoisotopic (exact) mass is 1050 g/mol. The van der Waals surface area contributed by atoms with E-state index in [-0.39, 0.29) is 0 Å². The second-order valence-corrected chi connectivity index (χ2v) is 22.5. The van der Waals surface area contributed by atoms with E-state index in [0.717, 1.165) is 114 Å². The highest BCUT2D eigenvalue weighted by Crippen LogP contribution is 2.55. The maximum absolute atomic E-state index is 12.4. The molecule has 0 saturated heterocycles. The number of hydrogen-bond donors (Lipinski definition) is 0. The number of nitriles is 1. The van der Waals surface area contributed by atoms with Gasteiger partial charge in [-0.25, -0.2) is 4.85 Å². The molecule has 0 spiro atoms. The fourth-order valence-corrected chi connectivity index (χ4v) is 15.3. The van der Waals surface area contributed by atoms with Gasteiger partial charge in [-0.1, -0.05) is 224 Å². The minimum absolute atomic E-state index is 0.402. The third kappa shape index (κ3) is 6.71. The van der Waals surface area contributed by atoms with Gasteiger partial charge in [-0.2, -0.15) is 5.26 Å². The average molecular weight is 1050 g/mol. The molecule has 0 bridgehead atoms. The Bertz CT molecular complexity index is 5290. The van der Waals surface area contributed by atoms with Crippen LogP contribution in [0.1, 0.15) is 5.56 Å². The van der Waals surface area contributed by atoms with E-state index in [4.69, 9.17) is 0 Å². The summed E-state index contributed by atoms with van der Waals surface area (Å²) in [4.78, 5) is 4.67. The smallest absolute Gasteiger partial charge is 0.220 e. The number of aromatic nitrogens is 2. The van der Waals surface area contributed by atoms with Gasteiger partial charge in [0.05, 0.1) is 55.0 Å². The van der Waals surface area contributed by atoms with E-state index in [2.05, 4.69) is 251 Å². The Labute approximate surface area is 468 Å². The van der Waals surface area contributed by atoms with E-state index in [0.29, 0.717) is 22.5 Å². The van der Waals surface area contributed by atoms with Crippen molar-refractivity contribution in [3.8, 4) is 73.1 Å². The normalized spacial score (nSPS) is 11.7. The van der Waals surface area contributed by atoms with Gasteiger partial charge in [0.2, 0.25) is 5.69 Å². The minimum atomic E-state index is 0.402. The molecule has 0 aliphatic rings. The van der Waals surface area contributed by atoms with Gasteiger partial charge < -0.3 is 9.13 Å². The van der Waals surface area contributed by atoms with E-state index in [1.165, 1.54) is 25.7 Å². The molecule has 12 aromatic carbocycles. The van der Waals surface area contributed by atoms with Gasteiger partial charge in [0.1, 0.15) is 6.07 Å². The molecule has 0 atom stereocenters. The number of para-hydroxylation sites is 1. The van der Waals surface area contributed by atoms with Gasteiger partial charge in [-0.15, -0.1) is 22.7 Å². The highest BCUT2D eigenvalue weighted by Gasteiger charge is 2.33. The van der Waals surface area contributed by atoms with Crippen molar-refractivity contribution in [1.82, 2.24) is 9.13 Å². The summed E-state index contributed by atoms with van der Waals surface area (Å²) in [6.07, 6.45) is 0. The predicted molar refractivity (Wildman–Crippen MR) is 339 cm³/mol. The van der Waals surface area contributed by atoms with Crippen molar-refractivity contribution in [3.63, 3.8) is 0 Å². The summed E-state index contributed by atoms with van der Waals surface area (Å²) in [7, 11) is 0. The summed E-state index contributed by atoms with van der Waals surface area (Å²) >= 11 is 3.61. The summed E-state index contributed by atoms with van der Waals surface area (Å²) < 4.78 is 9.45. The summed E-state index contributed by atoms with van der Waals surface area (Å²) in [5.74, 6) is 0. The van der Waals surface area contributed by atoms with Gasteiger partial charge in [-0.05, 0) is 74.8 Å². The highest BCUT2D eigenvalue weighted by molar-refractivity contribution is 7.27. The van der Waals surface area contributed by atoms with Crippen LogP contribution in [0.4, 0.5) is 5.69 Å². The largest absolute Gasteiger partial charge is 0.318 e. The maximum atomic E-state index is 12.4. The lowest BCUT2D eigenvalue weighted by atomic mass is 9.88. The summed E-state index contributed by atoms with van der Waals surface area (Å²) in [6.45, 7) is 9.58. The number of thiophene rings is 2. The molecule has 370 valence electrons. The highest BCUT2D eigenvalue weighted by atomic mass is 32.1. The standard InChI is InChI=1S/C74H42N4S2/c1-76-68-65(48-28-13-5-14-29-48)60(44-75)69(66(49-30-15-6-16-31-49)72(68)77-61-35-19-17-32-51(61)59-42-57(46-24-9-3-10-25-46)58(43-62(59)77)47-26-11-4-12-27-47)78-70-53(38-40-55-52-33-18-20-36-63(52)79-73(55)70)54-39-41-56-67-50(45-22-7-2-8-23-45)34-21-37-64(67)80-74(56)71(54)78/h2-43H. The van der Waals surface area contributed by atoms with Gasteiger partial charge in [0, 0.05) is 63.6 Å². The second kappa shape index (κ2) is 18.1. The molecule has 0 saturated carbocycles. The van der Waals surface area contributed by atoms with Gasteiger partial charge in [0.25, 0.3) is 0 Å². The molecule has 0 aliphatic heterocycles. The lowest BCUT2D eigenvalue weighted by molar-refractivity contribution is 1.14. The molecule has 4 aromatic heterocycles. The van der Waals surface area contributed by atoms with Crippen LogP contribution in [0.3, 0.4) is 0 Å². The van der Waals surface area contributed by atoms with Gasteiger partial charge >= 0.3 is 0 Å². The van der Waals surface area contributed by atoms with Crippen molar-refractivity contribution < 1.29 is 0 Å². The molecule has 6 heteroatoms. The average Bonchev–Trinajstić information content (AvgIpc) is 4.32. The van der Waals surface area contributed by atoms with Crippen LogP contribution in [0.2, 0.25) is 0 Å². The van der Waals surface area contributed by atoms with Crippen LogP contribution in [0.15, 0.2) is 255 Å². The Morgan fingerprint density at radius 1 is 0.362 bits per heavy atom. The molecule has 0 radical (unpaired) electrons. The molecule has 80 heavy (non-hydrogen) atoms. The zero-order chi connectivity index (χ0) is 53.0. The van der Waals surface area contributed by atoms with Crippen LogP contribution in [0, 0.1) is 17.9 Å². The van der Waals surface area contributed by atoms with Crippen LogP contribution < -0.4 is 0 Å². The first-order chi connectivity index (χ1) is 39.7. The zero-order valence-corrected chi connectivity index (χ0v) is 44.5. The van der Waals surface area contributed by atoms with Crippen molar-refractivity contribution >= 4 is 112 Å². The Hall–Kier alpha value is -10.3. The Kier molecular flexibility index (Phi) is 10.4. The van der Waals surface area contributed by atoms with Crippen molar-refractivity contribution in [2.24, 2.45) is 0 Å². The van der Waals surface area contributed by atoms with Crippen LogP contribution in [-0.2, 0) is 0 Å². The Morgan fingerprint density at radius 3 is 1.48 bits per heavy atom. The van der Waals surface area contributed by atoms with Gasteiger partial charge in [-0.3, -0.25) is 0 Å². The van der Waals surface area contributed by atoms with Gasteiger partial charge in [0.15, 0.2) is 0 Å². The van der Waals surface area contributed by atoms with Crippen LogP contribution >= 0.6 is 22.7 Å². The first-order valence-electron chi connectivity index (χ1n) is 26.8. The Balaban J connectivity index is 1.17. The summed E-state index contributed by atoms with van der Waals surface area (Å²) in [5, 5.41) is 21.4. The molecule has 16 aromatic rings. The summed E-state index contributed by atoms with van der Waals surface area (Å²) in [5.41, 5.74) is 16.1. The molecular formula is C74H42N4S2. The number of fused-ring (bicyclic) bond motifs is 14. The molecule has 0 fully saturated rings. The van der Waals surface area contributed by atoms with Crippen molar-refractivity contribution in [2.75, 3.05) is 0 Å². The number of benzene rings is 12. The molecule has 0 N–H and O–H groups in total. The predicted octanol–water partition coefficient (Wildman–Crippen LogP) is 21.4. The first kappa shape index (κ1) is 45.8. The minimum Gasteiger partial charge on any atom is -0.318 e. The topological polar surface area (TPSA) is 38.0 Å². The van der Waals surface area contributed by atoms with Crippen molar-refractivity contribution in [2.45, 2.75) is 0 Å². The molecule has 4 nitrogen and oxygen atoms in total. The van der Waals surface area contributed by atoms with E-state index in [1.807, 2.05) is 35.6 Å². The lowest BCUT2D eigenvalue weighted by Crippen LogP contribution is -2.09. The fraction of sp³-hybridized carbons (Fsp3) is 0. The van der Waals surface area contributed by atoms with Crippen LogP contribution in [0.5, 0.6) is 0 Å². The number of nitrogens with zero attached hydrogens (tertiary/aromatic N) is 4. The molecule has 4 heterocycles. The molecular weight excluding hydrogens is 1010 g/mol. The number of rotatable bonds is 7. The third-order valence-corrected chi connectivity index (χ3v) is 18.6. The molecule has 0 unspecified atom stereocenters. The number of hydrogen-bond acceptors (Lipinski definition) is 3. The van der Waals surface area contributed by atoms with E-state index < -0.39 is 0 Å². The third-order valence-electron chi connectivity index (χ3n) is 16.2. The van der Waals surface area contributed by atoms with Crippen molar-refractivity contribution in [1.29, 1.82) is 5.26 Å². The van der Waals surface area contributed by atoms with Crippen LogP contribution in [-0.4, -0.2) is 9.13 Å². The van der Waals surface area contributed by atoms with Crippen LogP contribution in [0.25, 0.3) is 156 Å². The first-order valence-corrected chi connectivity index (χ1v) is 28.4. The quantitative estimate of drug-likeness (QED) is 0.147. The van der Waals surface area contributed by atoms with E-state index in [9.17, 15) is 11.8 Å². The summed E-state index contributed by atoms with van der Waals surface area (Å²) in [6, 6.07) is 93.4. The van der Waals surface area contributed by atoms with E-state index >= 15 is 0 Å². The van der Waals surface area contributed by atoms with E-state index in [1.54, 1.807) is 11.3 Å². The SMILES string of the molecule is [C-]#[N+]c1c(-c2ccccc2)c(C#N)c(-n2c3c(ccc4c5ccccc5sc43)c3ccc4c(sc5cccc(-c6ccccc6)c54)c32)c(-c2ccccc2)c1-n1c2ccccc2c2cc(-c3ccccc3)c(-c3ccccc3)cc21.